The number of rotatable bonds is 3. The zero-order valence-electron chi connectivity index (χ0n) is 12.4. The molecule has 3 rings (SSSR count). The second kappa shape index (κ2) is 6.42. The van der Waals surface area contributed by atoms with Gasteiger partial charge in [0.15, 0.2) is 0 Å². The number of carboxylic acids is 1. The Kier molecular flexibility index (Phi) is 4.35. The SMILES string of the molecule is O=C(O)c1ccc2c(c1)C(NC(=O)c1ccccc1Cl)CCC2. The first-order valence-electron chi connectivity index (χ1n) is 7.48. The van der Waals surface area contributed by atoms with E-state index in [-0.39, 0.29) is 17.5 Å². The second-order valence-corrected chi connectivity index (χ2v) is 6.02. The smallest absolute Gasteiger partial charge is 0.335 e. The van der Waals surface area contributed by atoms with Crippen molar-refractivity contribution in [1.29, 1.82) is 0 Å². The van der Waals surface area contributed by atoms with Crippen LogP contribution in [0.4, 0.5) is 0 Å². The van der Waals surface area contributed by atoms with Gasteiger partial charge in [-0.15, -0.1) is 0 Å². The summed E-state index contributed by atoms with van der Waals surface area (Å²) in [4.78, 5) is 23.6. The van der Waals surface area contributed by atoms with Crippen LogP contribution in [-0.4, -0.2) is 17.0 Å². The molecule has 0 saturated heterocycles. The molecular weight excluding hydrogens is 314 g/mol. The molecule has 2 N–H and O–H groups in total. The number of nitrogens with one attached hydrogen (secondary N) is 1. The topological polar surface area (TPSA) is 66.4 Å². The Balaban J connectivity index is 1.88. The van der Waals surface area contributed by atoms with Gasteiger partial charge in [0, 0.05) is 0 Å². The number of halogens is 1. The minimum Gasteiger partial charge on any atom is -0.478 e. The van der Waals surface area contributed by atoms with Crippen LogP contribution in [0.25, 0.3) is 0 Å². The first kappa shape index (κ1) is 15.6. The van der Waals surface area contributed by atoms with Gasteiger partial charge in [-0.3, -0.25) is 4.79 Å². The first-order chi connectivity index (χ1) is 11.1. The lowest BCUT2D eigenvalue weighted by atomic mass is 9.86. The molecule has 0 spiro atoms. The quantitative estimate of drug-likeness (QED) is 0.899. The molecule has 0 fully saturated rings. The molecule has 0 bridgehead atoms. The standard InChI is InChI=1S/C18H16ClNO3/c19-15-6-2-1-5-13(15)17(21)20-16-7-3-4-11-8-9-12(18(22)23)10-14(11)16/h1-2,5-6,8-10,16H,3-4,7H2,(H,20,21)(H,22,23). The molecule has 0 heterocycles. The van der Waals surface area contributed by atoms with Crippen LogP contribution in [0.1, 0.15) is 50.7 Å². The van der Waals surface area contributed by atoms with E-state index in [0.717, 1.165) is 30.4 Å². The lowest BCUT2D eigenvalue weighted by molar-refractivity contribution is 0.0696. The highest BCUT2D eigenvalue weighted by molar-refractivity contribution is 6.33. The molecule has 0 saturated carbocycles. The summed E-state index contributed by atoms with van der Waals surface area (Å²) in [5.74, 6) is -1.20. The van der Waals surface area contributed by atoms with E-state index in [4.69, 9.17) is 16.7 Å². The van der Waals surface area contributed by atoms with Crippen LogP contribution in [0.2, 0.25) is 5.02 Å². The maximum Gasteiger partial charge on any atom is 0.335 e. The fourth-order valence-corrected chi connectivity index (χ4v) is 3.18. The fourth-order valence-electron chi connectivity index (χ4n) is 2.96. The van der Waals surface area contributed by atoms with Crippen LogP contribution in [-0.2, 0) is 6.42 Å². The highest BCUT2D eigenvalue weighted by Crippen LogP contribution is 2.31. The molecule has 2 aromatic carbocycles. The van der Waals surface area contributed by atoms with Gasteiger partial charge < -0.3 is 10.4 Å². The molecule has 0 radical (unpaired) electrons. The van der Waals surface area contributed by atoms with Crippen molar-refractivity contribution in [2.24, 2.45) is 0 Å². The van der Waals surface area contributed by atoms with E-state index in [1.54, 1.807) is 36.4 Å². The summed E-state index contributed by atoms with van der Waals surface area (Å²) in [6.07, 6.45) is 2.63. The zero-order chi connectivity index (χ0) is 16.4. The molecule has 1 amide bonds. The van der Waals surface area contributed by atoms with Crippen molar-refractivity contribution in [1.82, 2.24) is 5.32 Å². The number of carbonyl (C=O) groups excluding carboxylic acids is 1. The summed E-state index contributed by atoms with van der Waals surface area (Å²) in [7, 11) is 0. The molecule has 0 aromatic heterocycles. The van der Waals surface area contributed by atoms with Crippen molar-refractivity contribution in [3.63, 3.8) is 0 Å². The van der Waals surface area contributed by atoms with E-state index in [0.29, 0.717) is 10.6 Å². The maximum absolute atomic E-state index is 12.5. The number of aromatic carboxylic acids is 1. The number of hydrogen-bond acceptors (Lipinski definition) is 2. The third-order valence-corrected chi connectivity index (χ3v) is 4.46. The highest BCUT2D eigenvalue weighted by atomic mass is 35.5. The molecule has 23 heavy (non-hydrogen) atoms. The minimum absolute atomic E-state index is 0.193. The van der Waals surface area contributed by atoms with Crippen LogP contribution in [0.5, 0.6) is 0 Å². The Hall–Kier alpha value is -2.33. The minimum atomic E-state index is -0.963. The number of hydrogen-bond donors (Lipinski definition) is 2. The average Bonchev–Trinajstić information content (AvgIpc) is 2.55. The van der Waals surface area contributed by atoms with Gasteiger partial charge in [-0.1, -0.05) is 29.8 Å². The molecule has 1 unspecified atom stereocenters. The zero-order valence-corrected chi connectivity index (χ0v) is 13.1. The van der Waals surface area contributed by atoms with Crippen molar-refractivity contribution < 1.29 is 14.7 Å². The summed E-state index contributed by atoms with van der Waals surface area (Å²) in [5, 5.41) is 12.5. The van der Waals surface area contributed by atoms with E-state index in [9.17, 15) is 9.59 Å². The normalized spacial score (nSPS) is 16.5. The van der Waals surface area contributed by atoms with Crippen molar-refractivity contribution >= 4 is 23.5 Å². The summed E-state index contributed by atoms with van der Waals surface area (Å²) in [6.45, 7) is 0. The fraction of sp³-hybridized carbons (Fsp3) is 0.222. The van der Waals surface area contributed by atoms with Crippen LogP contribution >= 0.6 is 11.6 Å². The van der Waals surface area contributed by atoms with Gasteiger partial charge in [0.05, 0.1) is 22.2 Å². The van der Waals surface area contributed by atoms with Gasteiger partial charge in [-0.25, -0.2) is 4.79 Å². The van der Waals surface area contributed by atoms with Gasteiger partial charge in [0.25, 0.3) is 5.91 Å². The monoisotopic (exact) mass is 329 g/mol. The molecule has 0 aliphatic heterocycles. The van der Waals surface area contributed by atoms with Crippen LogP contribution in [0, 0.1) is 0 Å². The van der Waals surface area contributed by atoms with Crippen molar-refractivity contribution in [3.05, 3.63) is 69.7 Å². The molecule has 118 valence electrons. The third kappa shape index (κ3) is 3.22. The van der Waals surface area contributed by atoms with Gasteiger partial charge in [-0.05, 0) is 54.7 Å². The van der Waals surface area contributed by atoms with Crippen LogP contribution in [0.15, 0.2) is 42.5 Å². The van der Waals surface area contributed by atoms with Crippen molar-refractivity contribution in [2.75, 3.05) is 0 Å². The van der Waals surface area contributed by atoms with Gasteiger partial charge >= 0.3 is 5.97 Å². The Morgan fingerprint density at radius 2 is 1.96 bits per heavy atom. The summed E-state index contributed by atoms with van der Waals surface area (Å²) in [5.41, 5.74) is 2.64. The number of aryl methyl sites for hydroxylation is 1. The first-order valence-corrected chi connectivity index (χ1v) is 7.85. The predicted octanol–water partition coefficient (Wildman–Crippen LogP) is 3.85. The summed E-state index contributed by atoms with van der Waals surface area (Å²) >= 11 is 6.07. The van der Waals surface area contributed by atoms with Gasteiger partial charge in [0.1, 0.15) is 0 Å². The molecule has 4 nitrogen and oxygen atoms in total. The highest BCUT2D eigenvalue weighted by Gasteiger charge is 2.24. The second-order valence-electron chi connectivity index (χ2n) is 5.62. The molecule has 1 atom stereocenters. The maximum atomic E-state index is 12.5. The van der Waals surface area contributed by atoms with Crippen LogP contribution in [0.3, 0.4) is 0 Å². The predicted molar refractivity (Wildman–Crippen MR) is 88.0 cm³/mol. The average molecular weight is 330 g/mol. The van der Waals surface area contributed by atoms with E-state index < -0.39 is 5.97 Å². The Labute approximate surface area is 139 Å². The Morgan fingerprint density at radius 1 is 1.17 bits per heavy atom. The molecular formula is C18H16ClNO3. The number of carboxylic acid groups (broad SMARTS) is 1. The van der Waals surface area contributed by atoms with E-state index in [1.807, 2.05) is 6.07 Å². The summed E-state index contributed by atoms with van der Waals surface area (Å²) in [6, 6.07) is 11.8. The number of amides is 1. The molecule has 1 aliphatic carbocycles. The van der Waals surface area contributed by atoms with E-state index >= 15 is 0 Å². The Bertz CT molecular complexity index is 773. The molecule has 1 aliphatic rings. The lowest BCUT2D eigenvalue weighted by Gasteiger charge is -2.27. The lowest BCUT2D eigenvalue weighted by Crippen LogP contribution is -2.31. The van der Waals surface area contributed by atoms with E-state index in [1.165, 1.54) is 0 Å². The number of benzene rings is 2. The van der Waals surface area contributed by atoms with E-state index in [2.05, 4.69) is 5.32 Å². The van der Waals surface area contributed by atoms with Gasteiger partial charge in [0.2, 0.25) is 0 Å². The van der Waals surface area contributed by atoms with Crippen LogP contribution < -0.4 is 5.32 Å². The molecule has 2 aromatic rings. The van der Waals surface area contributed by atoms with Gasteiger partial charge in [-0.2, -0.15) is 0 Å². The third-order valence-electron chi connectivity index (χ3n) is 4.13. The summed E-state index contributed by atoms with van der Waals surface area (Å²) < 4.78 is 0. The largest absolute Gasteiger partial charge is 0.478 e. The Morgan fingerprint density at radius 3 is 2.70 bits per heavy atom. The number of fused-ring (bicyclic) bond motifs is 1. The number of carbonyl (C=O) groups is 2. The molecule has 5 heteroatoms. The van der Waals surface area contributed by atoms with Crippen molar-refractivity contribution in [3.8, 4) is 0 Å². The van der Waals surface area contributed by atoms with Crippen molar-refractivity contribution in [2.45, 2.75) is 25.3 Å².